The van der Waals surface area contributed by atoms with Crippen molar-refractivity contribution in [3.63, 3.8) is 0 Å². The summed E-state index contributed by atoms with van der Waals surface area (Å²) in [5, 5.41) is 14.0. The number of benzene rings is 1. The smallest absolute Gasteiger partial charge is 0.360 e. The van der Waals surface area contributed by atoms with Gasteiger partial charge in [0.2, 0.25) is 5.91 Å². The van der Waals surface area contributed by atoms with Crippen molar-refractivity contribution >= 4 is 46.3 Å². The molecule has 2 amide bonds. The molecule has 0 spiro atoms. The molecule has 0 bridgehead atoms. The van der Waals surface area contributed by atoms with Crippen LogP contribution in [0.25, 0.3) is 11.8 Å². The Balaban J connectivity index is 2.45. The maximum atomic E-state index is 12.8. The standard InChI is InChI=1S/C23H26F3N5O3S/c1-6-31-19(33)17(35-20(31)16(11-27)18(32)29-13-23(24,25)26)12-28-14-8-7-9-15(10-14)30(5)21(34)22(2,3)4/h7-10,12,28H,6,13H2,1-5H3,(H,29,32)/b17-12+,20-16-. The van der Waals surface area contributed by atoms with Crippen LogP contribution in [0.4, 0.5) is 24.5 Å². The number of nitriles is 1. The summed E-state index contributed by atoms with van der Waals surface area (Å²) in [5.41, 5.74) is -0.470. The summed E-state index contributed by atoms with van der Waals surface area (Å²) < 4.78 is 38.6. The normalized spacial score (nSPS) is 13.2. The van der Waals surface area contributed by atoms with Gasteiger partial charge in [-0.15, -0.1) is 11.3 Å². The van der Waals surface area contributed by atoms with Gasteiger partial charge in [-0.05, 0) is 25.1 Å². The van der Waals surface area contributed by atoms with E-state index in [1.807, 2.05) is 20.8 Å². The molecule has 0 unspecified atom stereocenters. The van der Waals surface area contributed by atoms with Crippen LogP contribution in [0.15, 0.2) is 29.1 Å². The molecule has 35 heavy (non-hydrogen) atoms. The molecule has 2 rings (SSSR count). The van der Waals surface area contributed by atoms with E-state index in [-0.39, 0.29) is 21.6 Å². The first-order valence-electron chi connectivity index (χ1n) is 10.5. The Kier molecular flexibility index (Phi) is 8.51. The molecule has 0 aliphatic carbocycles. The van der Waals surface area contributed by atoms with Gasteiger partial charge in [0.1, 0.15) is 21.8 Å². The number of alkyl halides is 3. The minimum atomic E-state index is -4.64. The van der Waals surface area contributed by atoms with Crippen LogP contribution in [0.5, 0.6) is 0 Å². The van der Waals surface area contributed by atoms with Crippen LogP contribution in [0.2, 0.25) is 0 Å². The van der Waals surface area contributed by atoms with Crippen LogP contribution in [0.1, 0.15) is 27.7 Å². The Morgan fingerprint density at radius 3 is 2.46 bits per heavy atom. The number of anilines is 2. The minimum Gasteiger partial charge on any atom is -0.360 e. The summed E-state index contributed by atoms with van der Waals surface area (Å²) in [7, 11) is 1.66. The van der Waals surface area contributed by atoms with Gasteiger partial charge in [-0.25, -0.2) is 0 Å². The monoisotopic (exact) mass is 509 g/mol. The van der Waals surface area contributed by atoms with E-state index in [9.17, 15) is 32.8 Å². The fourth-order valence-electron chi connectivity index (χ4n) is 3.03. The molecule has 0 saturated carbocycles. The second-order valence-electron chi connectivity index (χ2n) is 8.56. The fraction of sp³-hybridized carbons (Fsp3) is 0.391. The largest absolute Gasteiger partial charge is 0.405 e. The van der Waals surface area contributed by atoms with E-state index in [2.05, 4.69) is 5.32 Å². The molecule has 0 saturated heterocycles. The van der Waals surface area contributed by atoms with Crippen LogP contribution in [-0.2, 0) is 16.1 Å². The first-order chi connectivity index (χ1) is 16.2. The molecule has 1 aromatic heterocycles. The lowest BCUT2D eigenvalue weighted by atomic mass is 9.94. The Morgan fingerprint density at radius 2 is 1.91 bits per heavy atom. The van der Waals surface area contributed by atoms with Gasteiger partial charge < -0.3 is 15.5 Å². The van der Waals surface area contributed by atoms with Crippen LogP contribution >= 0.6 is 11.3 Å². The van der Waals surface area contributed by atoms with Gasteiger partial charge in [-0.3, -0.25) is 19.0 Å². The number of nitrogens with zero attached hydrogens (tertiary/aromatic N) is 3. The number of amides is 2. The highest BCUT2D eigenvalue weighted by Gasteiger charge is 2.29. The third kappa shape index (κ3) is 6.95. The number of aromatic nitrogens is 1. The molecule has 1 aromatic carbocycles. The van der Waals surface area contributed by atoms with E-state index < -0.39 is 35.2 Å². The molecule has 1 heterocycles. The molecule has 188 valence electrons. The quantitative estimate of drug-likeness (QED) is 0.621. The van der Waals surface area contributed by atoms with Crippen LogP contribution < -0.4 is 30.3 Å². The summed E-state index contributed by atoms with van der Waals surface area (Å²) in [4.78, 5) is 39.0. The maximum Gasteiger partial charge on any atom is 0.405 e. The van der Waals surface area contributed by atoms with E-state index in [1.165, 1.54) is 11.1 Å². The molecule has 8 nitrogen and oxygen atoms in total. The first-order valence-corrected chi connectivity index (χ1v) is 11.3. The molecular weight excluding hydrogens is 483 g/mol. The van der Waals surface area contributed by atoms with Gasteiger partial charge in [0.15, 0.2) is 5.57 Å². The van der Waals surface area contributed by atoms with E-state index >= 15 is 0 Å². The molecule has 0 aliphatic rings. The van der Waals surface area contributed by atoms with Gasteiger partial charge >= 0.3 is 6.18 Å². The van der Waals surface area contributed by atoms with E-state index in [0.29, 0.717) is 11.4 Å². The Hall–Kier alpha value is -3.59. The van der Waals surface area contributed by atoms with E-state index in [4.69, 9.17) is 0 Å². The average Bonchev–Trinajstić information content (AvgIpc) is 3.09. The van der Waals surface area contributed by atoms with E-state index in [0.717, 1.165) is 15.9 Å². The lowest BCUT2D eigenvalue weighted by molar-refractivity contribution is -0.135. The predicted molar refractivity (Wildman–Crippen MR) is 129 cm³/mol. The van der Waals surface area contributed by atoms with Crippen molar-refractivity contribution < 1.29 is 22.8 Å². The summed E-state index contributed by atoms with van der Waals surface area (Å²) in [6, 6.07) is 8.53. The first kappa shape index (κ1) is 27.7. The molecule has 12 heteroatoms. The summed E-state index contributed by atoms with van der Waals surface area (Å²) in [6.07, 6.45) is -3.25. The lowest BCUT2D eigenvalue weighted by Gasteiger charge is -2.26. The van der Waals surface area contributed by atoms with Crippen molar-refractivity contribution in [3.05, 3.63) is 43.8 Å². The fourth-order valence-corrected chi connectivity index (χ4v) is 4.12. The van der Waals surface area contributed by atoms with Gasteiger partial charge in [0.05, 0.1) is 0 Å². The topological polar surface area (TPSA) is 107 Å². The summed E-state index contributed by atoms with van der Waals surface area (Å²) in [6.45, 7) is 5.55. The van der Waals surface area contributed by atoms with Crippen LogP contribution in [0, 0.1) is 16.7 Å². The number of halogens is 3. The predicted octanol–water partition coefficient (Wildman–Crippen LogP) is 2.14. The number of thiazole rings is 1. The molecular formula is C23H26F3N5O3S. The third-order valence-corrected chi connectivity index (χ3v) is 5.91. The zero-order valence-electron chi connectivity index (χ0n) is 19.9. The zero-order chi connectivity index (χ0) is 26.6. The number of carbonyl (C=O) groups is 2. The SMILES string of the molecule is CCn1c(=O)/c(=C\Nc2cccc(N(C)C(=O)C(C)(C)C)c2)s/c1=C(/C#N)C(=O)NCC(F)(F)F. The van der Waals surface area contributed by atoms with Gasteiger partial charge in [0, 0.05) is 36.6 Å². The van der Waals surface area contributed by atoms with E-state index in [1.54, 1.807) is 49.6 Å². The molecule has 0 radical (unpaired) electrons. The van der Waals surface area contributed by atoms with Gasteiger partial charge in [-0.1, -0.05) is 26.8 Å². The van der Waals surface area contributed by atoms with Crippen LogP contribution in [-0.4, -0.2) is 36.2 Å². The highest BCUT2D eigenvalue weighted by Crippen LogP contribution is 2.24. The lowest BCUT2D eigenvalue weighted by Crippen LogP contribution is -2.37. The number of hydrogen-bond acceptors (Lipinski definition) is 6. The number of nitrogens with one attached hydrogen (secondary N) is 2. The molecule has 0 atom stereocenters. The Morgan fingerprint density at radius 1 is 1.26 bits per heavy atom. The van der Waals surface area contributed by atoms with Crippen molar-refractivity contribution in [2.75, 3.05) is 23.8 Å². The third-order valence-electron chi connectivity index (χ3n) is 4.78. The highest BCUT2D eigenvalue weighted by atomic mass is 32.1. The molecule has 0 fully saturated rings. The second kappa shape index (κ2) is 10.8. The van der Waals surface area contributed by atoms with Gasteiger partial charge in [-0.2, -0.15) is 18.4 Å². The van der Waals surface area contributed by atoms with Gasteiger partial charge in [0.25, 0.3) is 11.5 Å². The summed E-state index contributed by atoms with van der Waals surface area (Å²) >= 11 is 0.809. The number of rotatable bonds is 6. The Bertz CT molecular complexity index is 1330. The average molecular weight is 510 g/mol. The van der Waals surface area contributed by atoms with Crippen molar-refractivity contribution in [3.8, 4) is 6.07 Å². The van der Waals surface area contributed by atoms with Crippen molar-refractivity contribution in [2.24, 2.45) is 5.41 Å². The van der Waals surface area contributed by atoms with Crippen LogP contribution in [0.3, 0.4) is 0 Å². The number of hydrogen-bond donors (Lipinski definition) is 2. The summed E-state index contributed by atoms with van der Waals surface area (Å²) in [5.74, 6) is -1.30. The molecule has 2 aromatic rings. The Labute approximate surface area is 204 Å². The zero-order valence-corrected chi connectivity index (χ0v) is 20.7. The van der Waals surface area contributed by atoms with Crippen molar-refractivity contribution in [2.45, 2.75) is 40.4 Å². The highest BCUT2D eigenvalue weighted by molar-refractivity contribution is 7.07. The van der Waals surface area contributed by atoms with Crippen molar-refractivity contribution in [1.29, 1.82) is 5.26 Å². The minimum absolute atomic E-state index is 0.0445. The molecule has 2 N–H and O–H groups in total. The number of carbonyl (C=O) groups excluding carboxylic acids is 2. The second-order valence-corrected chi connectivity index (χ2v) is 9.59. The van der Waals surface area contributed by atoms with Crippen molar-refractivity contribution in [1.82, 2.24) is 9.88 Å². The maximum absolute atomic E-state index is 12.8. The molecule has 0 aliphatic heterocycles.